The summed E-state index contributed by atoms with van der Waals surface area (Å²) >= 11 is 0. The lowest BCUT2D eigenvalue weighted by Crippen LogP contribution is -2.23. The highest BCUT2D eigenvalue weighted by Gasteiger charge is 2.14. The molecule has 0 saturated heterocycles. The third-order valence-corrected chi connectivity index (χ3v) is 2.71. The van der Waals surface area contributed by atoms with Gasteiger partial charge in [-0.2, -0.15) is 0 Å². The number of hydrogen-bond donors (Lipinski definition) is 1. The first-order valence-corrected chi connectivity index (χ1v) is 5.99. The lowest BCUT2D eigenvalue weighted by molar-refractivity contribution is 0.395. The average Bonchev–Trinajstić information content (AvgIpc) is 2.46. The molecule has 0 aliphatic carbocycles. The minimum atomic E-state index is 0.0631. The van der Waals surface area contributed by atoms with E-state index < -0.39 is 0 Å². The molecule has 0 amide bonds. The molecule has 0 radical (unpaired) electrons. The average molecular weight is 243 g/mol. The van der Waals surface area contributed by atoms with E-state index in [2.05, 4.69) is 34.3 Å². The molecule has 1 aromatic carbocycles. The van der Waals surface area contributed by atoms with Crippen LogP contribution >= 0.6 is 0 Å². The Morgan fingerprint density at radius 3 is 2.67 bits per heavy atom. The Bertz CT molecular complexity index is 487. The van der Waals surface area contributed by atoms with Crippen LogP contribution in [0.1, 0.15) is 24.2 Å². The van der Waals surface area contributed by atoms with Gasteiger partial charge in [0.2, 0.25) is 5.88 Å². The normalized spacial score (nSPS) is 12.1. The van der Waals surface area contributed by atoms with E-state index in [1.165, 1.54) is 11.9 Å². The second kappa shape index (κ2) is 6.12. The van der Waals surface area contributed by atoms with Gasteiger partial charge >= 0.3 is 0 Å². The molecule has 0 aliphatic rings. The Morgan fingerprint density at radius 1 is 1.22 bits per heavy atom. The number of ether oxygens (including phenoxy) is 1. The summed E-state index contributed by atoms with van der Waals surface area (Å²) in [5.74, 6) is 0.582. The van der Waals surface area contributed by atoms with Gasteiger partial charge in [0.25, 0.3) is 0 Å². The summed E-state index contributed by atoms with van der Waals surface area (Å²) in [6, 6.07) is 12.2. The van der Waals surface area contributed by atoms with E-state index in [0.717, 1.165) is 12.2 Å². The number of hydrogen-bond acceptors (Lipinski definition) is 4. The van der Waals surface area contributed by atoms with E-state index in [1.54, 1.807) is 7.11 Å². The second-order valence-electron chi connectivity index (χ2n) is 3.89. The molecule has 1 aromatic heterocycles. The van der Waals surface area contributed by atoms with Crippen molar-refractivity contribution in [3.63, 3.8) is 0 Å². The summed E-state index contributed by atoms with van der Waals surface area (Å²) < 4.78 is 5.14. The Balaban J connectivity index is 2.35. The molecule has 18 heavy (non-hydrogen) atoms. The molecule has 1 unspecified atom stereocenters. The summed E-state index contributed by atoms with van der Waals surface area (Å²) in [5, 5.41) is 3.42. The van der Waals surface area contributed by atoms with Gasteiger partial charge in [-0.25, -0.2) is 9.97 Å². The van der Waals surface area contributed by atoms with Crippen LogP contribution in [0.25, 0.3) is 0 Å². The minimum absolute atomic E-state index is 0.0631. The van der Waals surface area contributed by atoms with Crippen LogP contribution in [0.5, 0.6) is 5.88 Å². The van der Waals surface area contributed by atoms with Crippen LogP contribution < -0.4 is 10.1 Å². The number of nitrogens with zero attached hydrogens (tertiary/aromatic N) is 2. The molecule has 1 atom stereocenters. The zero-order chi connectivity index (χ0) is 12.8. The van der Waals surface area contributed by atoms with Gasteiger partial charge in [0, 0.05) is 6.07 Å². The third-order valence-electron chi connectivity index (χ3n) is 2.71. The smallest absolute Gasteiger partial charge is 0.216 e. The van der Waals surface area contributed by atoms with Gasteiger partial charge < -0.3 is 10.1 Å². The van der Waals surface area contributed by atoms with E-state index >= 15 is 0 Å². The molecule has 0 bridgehead atoms. The Labute approximate surface area is 107 Å². The van der Waals surface area contributed by atoms with E-state index in [4.69, 9.17) is 4.74 Å². The molecule has 2 rings (SSSR count). The van der Waals surface area contributed by atoms with Crippen LogP contribution in [0.3, 0.4) is 0 Å². The molecule has 0 fully saturated rings. The van der Waals surface area contributed by atoms with Crippen molar-refractivity contribution in [2.45, 2.75) is 13.0 Å². The quantitative estimate of drug-likeness (QED) is 0.874. The standard InChI is InChI=1S/C14H17N3O/c1-3-15-14(11-7-5-4-6-8-11)12-9-13(18-2)17-10-16-12/h4-10,14-15H,3H2,1-2H3. The number of rotatable bonds is 5. The zero-order valence-corrected chi connectivity index (χ0v) is 10.6. The summed E-state index contributed by atoms with van der Waals surface area (Å²) in [7, 11) is 1.61. The molecule has 0 aliphatic heterocycles. The second-order valence-corrected chi connectivity index (χ2v) is 3.89. The first-order chi connectivity index (χ1) is 8.85. The predicted molar refractivity (Wildman–Crippen MR) is 70.5 cm³/mol. The summed E-state index contributed by atoms with van der Waals surface area (Å²) in [4.78, 5) is 8.36. The number of benzene rings is 1. The number of nitrogens with one attached hydrogen (secondary N) is 1. The van der Waals surface area contributed by atoms with Crippen molar-refractivity contribution in [2.24, 2.45) is 0 Å². The topological polar surface area (TPSA) is 47.0 Å². The molecule has 94 valence electrons. The first kappa shape index (κ1) is 12.5. The maximum absolute atomic E-state index is 5.14. The molecule has 4 nitrogen and oxygen atoms in total. The highest BCUT2D eigenvalue weighted by atomic mass is 16.5. The molecule has 0 saturated carbocycles. The molecule has 1 N–H and O–H groups in total. The van der Waals surface area contributed by atoms with Crippen LogP contribution in [-0.4, -0.2) is 23.6 Å². The Kier molecular flexibility index (Phi) is 4.25. The third kappa shape index (κ3) is 2.84. The molecule has 1 heterocycles. The van der Waals surface area contributed by atoms with Crippen molar-refractivity contribution < 1.29 is 4.74 Å². The monoisotopic (exact) mass is 243 g/mol. The Hall–Kier alpha value is -1.94. The van der Waals surface area contributed by atoms with Gasteiger partial charge in [-0.15, -0.1) is 0 Å². The predicted octanol–water partition coefficient (Wildman–Crippen LogP) is 2.18. The highest BCUT2D eigenvalue weighted by molar-refractivity contribution is 5.29. The fourth-order valence-electron chi connectivity index (χ4n) is 1.87. The van der Waals surface area contributed by atoms with Crippen molar-refractivity contribution in [3.05, 3.63) is 54.0 Å². The van der Waals surface area contributed by atoms with E-state index in [-0.39, 0.29) is 6.04 Å². The Morgan fingerprint density at radius 2 is 2.00 bits per heavy atom. The van der Waals surface area contributed by atoms with Crippen LogP contribution in [0, 0.1) is 0 Å². The van der Waals surface area contributed by atoms with E-state index in [0.29, 0.717) is 5.88 Å². The molecular formula is C14H17N3O. The fraction of sp³-hybridized carbons (Fsp3) is 0.286. The van der Waals surface area contributed by atoms with Gasteiger partial charge in [0.05, 0.1) is 18.8 Å². The van der Waals surface area contributed by atoms with Crippen LogP contribution in [0.2, 0.25) is 0 Å². The maximum Gasteiger partial charge on any atom is 0.216 e. The molecular weight excluding hydrogens is 226 g/mol. The van der Waals surface area contributed by atoms with E-state index in [9.17, 15) is 0 Å². The first-order valence-electron chi connectivity index (χ1n) is 5.99. The van der Waals surface area contributed by atoms with Crippen LogP contribution in [0.4, 0.5) is 0 Å². The van der Waals surface area contributed by atoms with Crippen molar-refractivity contribution >= 4 is 0 Å². The highest BCUT2D eigenvalue weighted by Crippen LogP contribution is 2.21. The lowest BCUT2D eigenvalue weighted by Gasteiger charge is -2.17. The fourth-order valence-corrected chi connectivity index (χ4v) is 1.87. The van der Waals surface area contributed by atoms with Gasteiger partial charge in [-0.1, -0.05) is 37.3 Å². The largest absolute Gasteiger partial charge is 0.481 e. The molecule has 2 aromatic rings. The summed E-state index contributed by atoms with van der Waals surface area (Å²) in [6.07, 6.45) is 1.53. The molecule has 0 spiro atoms. The van der Waals surface area contributed by atoms with Gasteiger partial charge in [0.1, 0.15) is 6.33 Å². The molecule has 4 heteroatoms. The van der Waals surface area contributed by atoms with Crippen molar-refractivity contribution in [1.82, 2.24) is 15.3 Å². The number of aromatic nitrogens is 2. The zero-order valence-electron chi connectivity index (χ0n) is 10.6. The number of methoxy groups -OCH3 is 1. The van der Waals surface area contributed by atoms with Crippen molar-refractivity contribution in [1.29, 1.82) is 0 Å². The minimum Gasteiger partial charge on any atom is -0.481 e. The van der Waals surface area contributed by atoms with Gasteiger partial charge in [-0.05, 0) is 12.1 Å². The lowest BCUT2D eigenvalue weighted by atomic mass is 10.0. The maximum atomic E-state index is 5.14. The van der Waals surface area contributed by atoms with Crippen LogP contribution in [-0.2, 0) is 0 Å². The van der Waals surface area contributed by atoms with E-state index in [1.807, 2.05) is 24.3 Å². The summed E-state index contributed by atoms with van der Waals surface area (Å²) in [6.45, 7) is 2.94. The van der Waals surface area contributed by atoms with Crippen molar-refractivity contribution in [3.8, 4) is 5.88 Å². The van der Waals surface area contributed by atoms with Gasteiger partial charge in [-0.3, -0.25) is 0 Å². The van der Waals surface area contributed by atoms with Gasteiger partial charge in [0.15, 0.2) is 0 Å². The summed E-state index contributed by atoms with van der Waals surface area (Å²) in [5.41, 5.74) is 2.09. The van der Waals surface area contributed by atoms with Crippen molar-refractivity contribution in [2.75, 3.05) is 13.7 Å². The SMILES string of the molecule is CCNC(c1ccccc1)c1cc(OC)ncn1. The van der Waals surface area contributed by atoms with Crippen LogP contribution in [0.15, 0.2) is 42.7 Å².